The van der Waals surface area contributed by atoms with Gasteiger partial charge in [0.1, 0.15) is 18.3 Å². The topological polar surface area (TPSA) is 293 Å². The number of ether oxygens (including phenoxy) is 1. The number of hydrogen-bond donors (Lipinski definition) is 8. The molecule has 1 aromatic rings. The quantitative estimate of drug-likeness (QED) is 0.124. The number of amides is 1. The van der Waals surface area contributed by atoms with E-state index in [2.05, 4.69) is 13.1 Å². The first-order valence-corrected chi connectivity index (χ1v) is 14.3. The molecule has 1 aromatic heterocycles. The van der Waals surface area contributed by atoms with E-state index in [1.807, 2.05) is 0 Å². The van der Waals surface area contributed by atoms with Gasteiger partial charge in [0.2, 0.25) is 0 Å². The van der Waals surface area contributed by atoms with Crippen LogP contribution in [0, 0.1) is 0 Å². The highest BCUT2D eigenvalue weighted by atomic mass is 31.3. The highest BCUT2D eigenvalue weighted by molar-refractivity contribution is 7.66. The van der Waals surface area contributed by atoms with Crippen LogP contribution in [0.3, 0.4) is 0 Å². The largest absolute Gasteiger partial charge is 0.490 e. The van der Waals surface area contributed by atoms with Gasteiger partial charge in [-0.25, -0.2) is 18.5 Å². The molecule has 2 heterocycles. The molecule has 1 amide bonds. The van der Waals surface area contributed by atoms with Crippen molar-refractivity contribution in [3.63, 3.8) is 0 Å². The fourth-order valence-electron chi connectivity index (χ4n) is 2.81. The molecule has 19 nitrogen and oxygen atoms in total. The van der Waals surface area contributed by atoms with Crippen LogP contribution in [0.4, 0.5) is 13.2 Å². The molecule has 1 saturated heterocycles. The summed E-state index contributed by atoms with van der Waals surface area (Å²) in [7, 11) is -17.1. The maximum atomic E-state index is 12.2. The molecule has 39 heavy (non-hydrogen) atoms. The van der Waals surface area contributed by atoms with Crippen LogP contribution in [0.25, 0.3) is 6.08 Å². The maximum absolute atomic E-state index is 12.2. The third-order valence-corrected chi connectivity index (χ3v) is 8.16. The van der Waals surface area contributed by atoms with E-state index in [1.54, 1.807) is 4.98 Å². The van der Waals surface area contributed by atoms with Crippen LogP contribution >= 0.6 is 23.5 Å². The fourth-order valence-corrected chi connectivity index (χ4v) is 5.84. The number of carbonyl (C=O) groups is 1. The van der Waals surface area contributed by atoms with Crippen molar-refractivity contribution in [3.05, 3.63) is 38.7 Å². The summed E-state index contributed by atoms with van der Waals surface area (Å²) < 4.78 is 87.4. The van der Waals surface area contributed by atoms with E-state index in [4.69, 9.17) is 19.4 Å². The van der Waals surface area contributed by atoms with Crippen LogP contribution in [0.15, 0.2) is 21.9 Å². The summed E-state index contributed by atoms with van der Waals surface area (Å²) >= 11 is 0. The number of nitrogens with zero attached hydrogens (tertiary/aromatic N) is 1. The number of phosphoric ester groups is 1. The second-order valence-electron chi connectivity index (χ2n) is 7.29. The first-order chi connectivity index (χ1) is 17.6. The Morgan fingerprint density at radius 2 is 1.72 bits per heavy atom. The molecule has 222 valence electrons. The summed E-state index contributed by atoms with van der Waals surface area (Å²) in [6.07, 6.45) is -10.1. The lowest BCUT2D eigenvalue weighted by Gasteiger charge is -2.19. The number of aromatic amines is 1. The number of halogens is 3. The number of phosphoric acid groups is 3. The van der Waals surface area contributed by atoms with E-state index in [-0.39, 0.29) is 0 Å². The van der Waals surface area contributed by atoms with Gasteiger partial charge >= 0.3 is 41.2 Å². The number of nitrogens with one attached hydrogen (secondary N) is 2. The molecule has 2 rings (SSSR count). The standard InChI is InChI=1S/C14H19F3N3O16P3/c15-14(16,17)12(24)18-3-1-2-6-4-20(13(25)19-10(6)23)11-9(22)8(21)7(34-11)5-33-38(29,30)36-39(31,32)35-37(26,27)28/h1-2,4,7-9,11,21-22H,3,5H2,(H,18,24)(H,29,30)(H,31,32)(H,19,23,25)(H2,26,27,28)/b2-1+/t7-,8?,9+,11-/m1/s1. The van der Waals surface area contributed by atoms with Crippen molar-refractivity contribution in [3.8, 4) is 0 Å². The smallest absolute Gasteiger partial charge is 0.387 e. The molecule has 1 aliphatic rings. The van der Waals surface area contributed by atoms with Crippen molar-refractivity contribution in [2.75, 3.05) is 13.2 Å². The number of aliphatic hydroxyl groups excluding tert-OH is 2. The molecular formula is C14H19F3N3O16P3. The molecule has 0 aliphatic carbocycles. The molecule has 1 aliphatic heterocycles. The van der Waals surface area contributed by atoms with E-state index in [0.717, 1.165) is 18.3 Å². The predicted octanol–water partition coefficient (Wildman–Crippen LogP) is -1.81. The van der Waals surface area contributed by atoms with Gasteiger partial charge in [-0.1, -0.05) is 12.2 Å². The molecule has 0 radical (unpaired) electrons. The zero-order valence-corrected chi connectivity index (χ0v) is 21.3. The number of aliphatic hydroxyl groups is 2. The van der Waals surface area contributed by atoms with Crippen molar-refractivity contribution in [1.82, 2.24) is 14.9 Å². The average molecular weight is 635 g/mol. The average Bonchev–Trinajstić information content (AvgIpc) is 3.01. The zero-order valence-electron chi connectivity index (χ0n) is 18.6. The molecule has 3 unspecified atom stereocenters. The minimum absolute atomic E-state index is 0.391. The minimum Gasteiger partial charge on any atom is -0.387 e. The van der Waals surface area contributed by atoms with Crippen LogP contribution in [0.1, 0.15) is 11.8 Å². The maximum Gasteiger partial charge on any atom is 0.490 e. The van der Waals surface area contributed by atoms with Crippen molar-refractivity contribution < 1.29 is 79.3 Å². The van der Waals surface area contributed by atoms with Crippen LogP contribution in [-0.2, 0) is 36.4 Å². The Labute approximate surface area is 212 Å². The van der Waals surface area contributed by atoms with Crippen molar-refractivity contribution in [2.45, 2.75) is 30.7 Å². The summed E-state index contributed by atoms with van der Waals surface area (Å²) in [5, 5.41) is 21.9. The van der Waals surface area contributed by atoms with Crippen molar-refractivity contribution >= 4 is 35.5 Å². The van der Waals surface area contributed by atoms with Gasteiger partial charge in [-0.2, -0.15) is 21.8 Å². The van der Waals surface area contributed by atoms with Gasteiger partial charge in [0.05, 0.1) is 12.2 Å². The van der Waals surface area contributed by atoms with Gasteiger partial charge in [-0.05, 0) is 0 Å². The predicted molar refractivity (Wildman–Crippen MR) is 115 cm³/mol. The Hall–Kier alpha value is -2.03. The van der Waals surface area contributed by atoms with E-state index in [9.17, 15) is 56.4 Å². The van der Waals surface area contributed by atoms with Crippen LogP contribution < -0.4 is 16.6 Å². The van der Waals surface area contributed by atoms with Gasteiger partial charge < -0.3 is 39.8 Å². The van der Waals surface area contributed by atoms with E-state index < -0.39 is 90.1 Å². The first-order valence-electron chi connectivity index (χ1n) is 9.79. The van der Waals surface area contributed by atoms with Crippen molar-refractivity contribution in [1.29, 1.82) is 0 Å². The number of aromatic nitrogens is 2. The number of H-pyrrole nitrogens is 1. The lowest BCUT2D eigenvalue weighted by molar-refractivity contribution is -0.173. The lowest BCUT2D eigenvalue weighted by atomic mass is 10.1. The lowest BCUT2D eigenvalue weighted by Crippen LogP contribution is -2.38. The minimum atomic E-state index is -5.85. The Morgan fingerprint density at radius 3 is 2.28 bits per heavy atom. The van der Waals surface area contributed by atoms with Gasteiger partial charge in [-0.3, -0.25) is 23.7 Å². The second kappa shape index (κ2) is 12.2. The number of hydrogen-bond acceptors (Lipinski definition) is 12. The van der Waals surface area contributed by atoms with Crippen LogP contribution in [0.2, 0.25) is 0 Å². The van der Waals surface area contributed by atoms with Gasteiger partial charge in [0.15, 0.2) is 6.23 Å². The Balaban J connectivity index is 2.13. The molecule has 25 heteroatoms. The molecule has 0 bridgehead atoms. The van der Waals surface area contributed by atoms with E-state index in [1.165, 1.54) is 5.32 Å². The molecule has 0 spiro atoms. The summed E-state index contributed by atoms with van der Waals surface area (Å²) in [6.45, 7) is -1.87. The summed E-state index contributed by atoms with van der Waals surface area (Å²) in [5.41, 5.74) is -2.66. The second-order valence-corrected chi connectivity index (χ2v) is 11.7. The highest BCUT2D eigenvalue weighted by Crippen LogP contribution is 2.66. The van der Waals surface area contributed by atoms with E-state index in [0.29, 0.717) is 4.57 Å². The fraction of sp³-hybridized carbons (Fsp3) is 0.500. The molecule has 0 aromatic carbocycles. The molecule has 8 N–H and O–H groups in total. The number of rotatable bonds is 11. The van der Waals surface area contributed by atoms with Gasteiger partial charge in [-0.15, -0.1) is 0 Å². The van der Waals surface area contributed by atoms with Gasteiger partial charge in [0.25, 0.3) is 5.56 Å². The third-order valence-electron chi connectivity index (χ3n) is 4.36. The van der Waals surface area contributed by atoms with Gasteiger partial charge in [0, 0.05) is 12.7 Å². The summed E-state index contributed by atoms with van der Waals surface area (Å²) in [5.74, 6) is -2.26. The monoisotopic (exact) mass is 635 g/mol. The normalized spacial score (nSPS) is 25.4. The number of alkyl halides is 3. The van der Waals surface area contributed by atoms with Crippen molar-refractivity contribution in [2.24, 2.45) is 0 Å². The first kappa shape index (κ1) is 33.2. The Morgan fingerprint density at radius 1 is 1.10 bits per heavy atom. The molecular weight excluding hydrogens is 616 g/mol. The molecule has 6 atom stereocenters. The Kier molecular flexibility index (Phi) is 10.4. The van der Waals surface area contributed by atoms with Crippen LogP contribution in [-0.4, -0.2) is 82.9 Å². The molecule has 0 saturated carbocycles. The van der Waals surface area contributed by atoms with E-state index >= 15 is 0 Å². The highest BCUT2D eigenvalue weighted by Gasteiger charge is 2.47. The third kappa shape index (κ3) is 9.83. The zero-order chi connectivity index (χ0) is 30.0. The molecule has 1 fully saturated rings. The SMILES string of the molecule is O=C(NC/C=C/c1cn([C@@H]2O[C@H](COP(=O)(O)OP(=O)(O)OP(=O)(O)O)C(O)[C@@H]2O)c(=O)[nH]c1=O)C(F)(F)F. The summed E-state index contributed by atoms with van der Waals surface area (Å²) in [6, 6.07) is 0. The Bertz CT molecular complexity index is 1360. The number of carbonyl (C=O) groups excluding carboxylic acids is 1. The summed E-state index contributed by atoms with van der Waals surface area (Å²) in [4.78, 5) is 72.4. The van der Waals surface area contributed by atoms with Crippen LogP contribution in [0.5, 0.6) is 0 Å².